The molecule has 1 aliphatic carbocycles. The third-order valence-electron chi connectivity index (χ3n) is 4.93. The van der Waals surface area contributed by atoms with Crippen molar-refractivity contribution in [2.24, 2.45) is 0 Å². The molecule has 0 fully saturated rings. The molecule has 1 aromatic carbocycles. The lowest BCUT2D eigenvalue weighted by Crippen LogP contribution is -2.24. The van der Waals surface area contributed by atoms with Crippen molar-refractivity contribution in [1.29, 1.82) is 0 Å². The van der Waals surface area contributed by atoms with E-state index in [9.17, 15) is 0 Å². The molecule has 0 saturated heterocycles. The van der Waals surface area contributed by atoms with E-state index in [2.05, 4.69) is 49.5 Å². The molecule has 1 N–H and O–H groups in total. The van der Waals surface area contributed by atoms with Crippen LogP contribution in [-0.2, 0) is 12.8 Å². The van der Waals surface area contributed by atoms with Gasteiger partial charge in [0.25, 0.3) is 0 Å². The standard InChI is InChI=1S/C20H26N2/c1-4-15-11-17-6-5-9-22-20(17)18(13-21-3)12-16-8-7-14(2)10-19(15)16/h5-10,15,18,21H,4,11-13H2,1-3H3. The highest BCUT2D eigenvalue weighted by molar-refractivity contribution is 5.40. The number of nitrogens with zero attached hydrogens (tertiary/aromatic N) is 1. The van der Waals surface area contributed by atoms with Crippen molar-refractivity contribution in [2.45, 2.75) is 44.9 Å². The van der Waals surface area contributed by atoms with Crippen LogP contribution in [0.4, 0.5) is 0 Å². The number of rotatable bonds is 3. The summed E-state index contributed by atoms with van der Waals surface area (Å²) in [5.74, 6) is 1.06. The lowest BCUT2D eigenvalue weighted by atomic mass is 9.78. The van der Waals surface area contributed by atoms with Gasteiger partial charge in [-0.3, -0.25) is 4.98 Å². The van der Waals surface area contributed by atoms with Gasteiger partial charge in [0, 0.05) is 24.4 Å². The smallest absolute Gasteiger partial charge is 0.0482 e. The molecule has 2 atom stereocenters. The average Bonchev–Trinajstić information content (AvgIpc) is 2.53. The molecule has 1 heterocycles. The third kappa shape index (κ3) is 2.93. The molecule has 2 heteroatoms. The SMILES string of the molecule is CCC1Cc2cccnc2C(CNC)Cc2ccc(C)cc21. The minimum atomic E-state index is 0.459. The summed E-state index contributed by atoms with van der Waals surface area (Å²) in [7, 11) is 2.03. The fourth-order valence-corrected chi connectivity index (χ4v) is 3.79. The quantitative estimate of drug-likeness (QED) is 0.926. The predicted octanol–water partition coefficient (Wildman–Crippen LogP) is 3.99. The Labute approximate surface area is 134 Å². The first-order chi connectivity index (χ1) is 10.7. The van der Waals surface area contributed by atoms with Gasteiger partial charge in [-0.05, 0) is 61.9 Å². The number of hydrogen-bond acceptors (Lipinski definition) is 2. The van der Waals surface area contributed by atoms with Gasteiger partial charge >= 0.3 is 0 Å². The molecule has 116 valence electrons. The number of aromatic nitrogens is 1. The Morgan fingerprint density at radius 1 is 1.14 bits per heavy atom. The van der Waals surface area contributed by atoms with Crippen LogP contribution in [0.2, 0.25) is 0 Å². The van der Waals surface area contributed by atoms with Gasteiger partial charge in [-0.15, -0.1) is 0 Å². The molecule has 3 rings (SSSR count). The molecule has 0 bridgehead atoms. The van der Waals surface area contributed by atoms with Gasteiger partial charge in [0.2, 0.25) is 0 Å². The summed E-state index contributed by atoms with van der Waals surface area (Å²) in [6.45, 7) is 5.49. The molecular weight excluding hydrogens is 268 g/mol. The Morgan fingerprint density at radius 2 is 1.95 bits per heavy atom. The Bertz CT molecular complexity index is 648. The predicted molar refractivity (Wildman–Crippen MR) is 92.5 cm³/mol. The van der Waals surface area contributed by atoms with E-state index < -0.39 is 0 Å². The summed E-state index contributed by atoms with van der Waals surface area (Å²) in [5, 5.41) is 3.35. The van der Waals surface area contributed by atoms with Crippen LogP contribution in [0.1, 0.15) is 53.1 Å². The van der Waals surface area contributed by atoms with Crippen LogP contribution in [-0.4, -0.2) is 18.6 Å². The second-order valence-electron chi connectivity index (χ2n) is 6.52. The van der Waals surface area contributed by atoms with Gasteiger partial charge in [0.15, 0.2) is 0 Å². The number of fused-ring (bicyclic) bond motifs is 2. The van der Waals surface area contributed by atoms with E-state index in [1.54, 1.807) is 5.56 Å². The van der Waals surface area contributed by atoms with Gasteiger partial charge < -0.3 is 5.32 Å². The number of pyridine rings is 1. The Kier molecular flexibility index (Phi) is 4.58. The van der Waals surface area contributed by atoms with E-state index in [1.165, 1.54) is 28.8 Å². The monoisotopic (exact) mass is 294 g/mol. The van der Waals surface area contributed by atoms with E-state index in [4.69, 9.17) is 4.98 Å². The van der Waals surface area contributed by atoms with Crippen LogP contribution in [0.15, 0.2) is 36.5 Å². The number of benzene rings is 1. The Hall–Kier alpha value is -1.67. The van der Waals surface area contributed by atoms with Gasteiger partial charge in [-0.2, -0.15) is 0 Å². The van der Waals surface area contributed by atoms with Gasteiger partial charge in [0.1, 0.15) is 0 Å². The summed E-state index contributed by atoms with van der Waals surface area (Å²) in [5.41, 5.74) is 7.16. The topological polar surface area (TPSA) is 24.9 Å². The summed E-state index contributed by atoms with van der Waals surface area (Å²) in [4.78, 5) is 4.74. The van der Waals surface area contributed by atoms with E-state index in [0.717, 1.165) is 19.4 Å². The third-order valence-corrected chi connectivity index (χ3v) is 4.93. The molecule has 2 nitrogen and oxygen atoms in total. The van der Waals surface area contributed by atoms with Crippen molar-refractivity contribution >= 4 is 0 Å². The van der Waals surface area contributed by atoms with Crippen LogP contribution in [0.5, 0.6) is 0 Å². The number of aryl methyl sites for hydroxylation is 1. The van der Waals surface area contributed by atoms with Gasteiger partial charge in [0.05, 0.1) is 0 Å². The zero-order valence-electron chi connectivity index (χ0n) is 13.9. The van der Waals surface area contributed by atoms with Crippen molar-refractivity contribution < 1.29 is 0 Å². The van der Waals surface area contributed by atoms with Crippen molar-refractivity contribution in [3.05, 3.63) is 64.5 Å². The average molecular weight is 294 g/mol. The van der Waals surface area contributed by atoms with Crippen LogP contribution in [0.25, 0.3) is 0 Å². The molecule has 0 spiro atoms. The fraction of sp³-hybridized carbons (Fsp3) is 0.450. The second kappa shape index (κ2) is 6.62. The van der Waals surface area contributed by atoms with Crippen molar-refractivity contribution in [1.82, 2.24) is 10.3 Å². The summed E-state index contributed by atoms with van der Waals surface area (Å²) in [6, 6.07) is 11.4. The van der Waals surface area contributed by atoms with Crippen LogP contribution < -0.4 is 5.32 Å². The normalized spacial score (nSPS) is 20.7. The maximum Gasteiger partial charge on any atom is 0.0482 e. The van der Waals surface area contributed by atoms with E-state index >= 15 is 0 Å². The molecule has 22 heavy (non-hydrogen) atoms. The fourth-order valence-electron chi connectivity index (χ4n) is 3.79. The van der Waals surface area contributed by atoms with E-state index in [-0.39, 0.29) is 0 Å². The molecule has 0 amide bonds. The molecule has 2 unspecified atom stereocenters. The van der Waals surface area contributed by atoms with Gasteiger partial charge in [-0.1, -0.05) is 36.8 Å². The minimum absolute atomic E-state index is 0.459. The van der Waals surface area contributed by atoms with Crippen molar-refractivity contribution in [3.8, 4) is 0 Å². The first kappa shape index (κ1) is 15.2. The van der Waals surface area contributed by atoms with E-state index in [0.29, 0.717) is 11.8 Å². The highest BCUT2D eigenvalue weighted by atomic mass is 14.8. The first-order valence-corrected chi connectivity index (χ1v) is 8.40. The Balaban J connectivity index is 2.10. The number of hydrogen-bond donors (Lipinski definition) is 1. The zero-order valence-corrected chi connectivity index (χ0v) is 13.9. The second-order valence-corrected chi connectivity index (χ2v) is 6.52. The molecular formula is C20H26N2. The van der Waals surface area contributed by atoms with Crippen molar-refractivity contribution in [2.75, 3.05) is 13.6 Å². The van der Waals surface area contributed by atoms with Crippen molar-refractivity contribution in [3.63, 3.8) is 0 Å². The summed E-state index contributed by atoms with van der Waals surface area (Å²) in [6.07, 6.45) is 5.31. The lowest BCUT2D eigenvalue weighted by molar-refractivity contribution is 0.564. The Morgan fingerprint density at radius 3 is 2.73 bits per heavy atom. The lowest BCUT2D eigenvalue weighted by Gasteiger charge is -2.28. The molecule has 0 radical (unpaired) electrons. The highest BCUT2D eigenvalue weighted by Crippen LogP contribution is 2.35. The summed E-state index contributed by atoms with van der Waals surface area (Å²) >= 11 is 0. The van der Waals surface area contributed by atoms with Crippen LogP contribution in [0.3, 0.4) is 0 Å². The zero-order chi connectivity index (χ0) is 15.5. The first-order valence-electron chi connectivity index (χ1n) is 8.40. The minimum Gasteiger partial charge on any atom is -0.319 e. The maximum atomic E-state index is 4.74. The largest absolute Gasteiger partial charge is 0.319 e. The number of nitrogens with one attached hydrogen (secondary N) is 1. The molecule has 1 aliphatic rings. The maximum absolute atomic E-state index is 4.74. The highest BCUT2D eigenvalue weighted by Gasteiger charge is 2.25. The van der Waals surface area contributed by atoms with Crippen LogP contribution in [0, 0.1) is 6.92 Å². The molecule has 1 aromatic heterocycles. The van der Waals surface area contributed by atoms with Gasteiger partial charge in [-0.25, -0.2) is 0 Å². The summed E-state index contributed by atoms with van der Waals surface area (Å²) < 4.78 is 0. The van der Waals surface area contributed by atoms with Crippen LogP contribution >= 0.6 is 0 Å². The number of likely N-dealkylation sites (N-methyl/N-ethyl adjacent to an activating group) is 1. The molecule has 2 aromatic rings. The molecule has 0 saturated carbocycles. The van der Waals surface area contributed by atoms with E-state index in [1.807, 2.05) is 13.2 Å². The molecule has 0 aliphatic heterocycles.